The van der Waals surface area contributed by atoms with E-state index in [1.165, 1.54) is 0 Å². The molecule has 0 radical (unpaired) electrons. The van der Waals surface area contributed by atoms with Crippen LogP contribution in [0.3, 0.4) is 0 Å². The Hall–Kier alpha value is -3.92. The largest absolute Gasteiger partial charge is 0.463 e. The molecule has 0 N–H and O–H groups in total. The summed E-state index contributed by atoms with van der Waals surface area (Å²) in [5.41, 5.74) is 5.44. The van der Waals surface area contributed by atoms with Crippen LogP contribution in [0.5, 0.6) is 0 Å². The molecule has 53 heavy (non-hydrogen) atoms. The molecular weight excluding hydrogens is 703 g/mol. The number of ether oxygens (including phenoxy) is 4. The molecule has 1 atom stereocenters. The van der Waals surface area contributed by atoms with E-state index in [-0.39, 0.29) is 18.4 Å². The molecule has 5 rings (SSSR count). The quantitative estimate of drug-likeness (QED) is 0.0304. The third-order valence-corrected chi connectivity index (χ3v) is 13.2. The van der Waals surface area contributed by atoms with Gasteiger partial charge < -0.3 is 23.8 Å². The highest BCUT2D eigenvalue weighted by atomic mass is 28.3. The normalized spacial score (nSPS) is 17.0. The van der Waals surface area contributed by atoms with Gasteiger partial charge in [0.25, 0.3) is 6.47 Å². The lowest BCUT2D eigenvalue weighted by Crippen LogP contribution is -2.36. The van der Waals surface area contributed by atoms with Crippen molar-refractivity contribution in [3.05, 3.63) is 66.6 Å². The van der Waals surface area contributed by atoms with Crippen molar-refractivity contribution in [3.63, 3.8) is 0 Å². The minimum Gasteiger partial charge on any atom is -0.463 e. The maximum absolute atomic E-state index is 12.7. The number of nitrogens with zero attached hydrogens (tertiary/aromatic N) is 5. The average Bonchev–Trinajstić information content (AvgIpc) is 3.57. The van der Waals surface area contributed by atoms with Crippen molar-refractivity contribution in [2.75, 3.05) is 38.2 Å². The monoisotopic (exact) mass is 759 g/mol. The lowest BCUT2D eigenvalue weighted by Gasteiger charge is -2.32. The van der Waals surface area contributed by atoms with Crippen LogP contribution in [-0.2, 0) is 28.5 Å². The fourth-order valence-electron chi connectivity index (χ4n) is 6.57. The van der Waals surface area contributed by atoms with Gasteiger partial charge in [-0.2, -0.15) is 9.61 Å². The minimum atomic E-state index is -1.29. The van der Waals surface area contributed by atoms with Crippen LogP contribution in [0.4, 0.5) is 5.82 Å². The van der Waals surface area contributed by atoms with Crippen molar-refractivity contribution in [2.45, 2.75) is 96.0 Å². The summed E-state index contributed by atoms with van der Waals surface area (Å²) in [7, 11) is -2.58. The number of rotatable bonds is 19. The van der Waals surface area contributed by atoms with Gasteiger partial charge in [-0.25, -0.2) is 9.78 Å². The summed E-state index contributed by atoms with van der Waals surface area (Å²) in [6.45, 7) is 18.5. The van der Waals surface area contributed by atoms with Crippen molar-refractivity contribution < 1.29 is 28.5 Å². The standard InChI is InChI=1S/C40H57N5O6Si2/c1-8-50-40(47)38(51-29-46)32-16-14-31(15-17-32)36-24-37(44(27-48-20-22-52(2,3)4)28-49-21-23-53(5,6)7)45-39(43-36)34(26-42-45)33-18-19-35(41-25-33)30-12-10-9-11-13-30/h9-13,18-19,24-26,29,31-32,38H,8,14-17,20-23,27-28H2,1-7H3/t31-,32+,38?. The van der Waals surface area contributed by atoms with E-state index in [1.54, 1.807) is 6.92 Å². The Morgan fingerprint density at radius 1 is 0.906 bits per heavy atom. The first-order valence-electron chi connectivity index (χ1n) is 18.9. The number of carbonyl (C=O) groups excluding carboxylic acids is 2. The molecule has 1 unspecified atom stereocenters. The molecule has 1 fully saturated rings. The molecule has 0 bridgehead atoms. The highest BCUT2D eigenvalue weighted by Gasteiger charge is 2.36. The molecule has 1 saturated carbocycles. The number of aromatic nitrogens is 4. The zero-order valence-electron chi connectivity index (χ0n) is 32.5. The zero-order valence-corrected chi connectivity index (χ0v) is 34.5. The summed E-state index contributed by atoms with van der Waals surface area (Å²) < 4.78 is 25.1. The molecule has 13 heteroatoms. The molecule has 1 aliphatic rings. The van der Waals surface area contributed by atoms with Crippen LogP contribution < -0.4 is 4.90 Å². The summed E-state index contributed by atoms with van der Waals surface area (Å²) in [5.74, 6) is 0.369. The van der Waals surface area contributed by atoms with Crippen molar-refractivity contribution in [3.8, 4) is 22.4 Å². The van der Waals surface area contributed by atoms with Crippen LogP contribution in [0, 0.1) is 5.92 Å². The van der Waals surface area contributed by atoms with Gasteiger partial charge >= 0.3 is 5.97 Å². The van der Waals surface area contributed by atoms with Gasteiger partial charge in [-0.15, -0.1) is 0 Å². The van der Waals surface area contributed by atoms with Gasteiger partial charge in [-0.1, -0.05) is 75.7 Å². The lowest BCUT2D eigenvalue weighted by molar-refractivity contribution is -0.165. The van der Waals surface area contributed by atoms with Gasteiger partial charge in [0.15, 0.2) is 5.65 Å². The van der Waals surface area contributed by atoms with Gasteiger partial charge in [-0.3, -0.25) is 9.78 Å². The smallest absolute Gasteiger partial charge is 0.347 e. The second kappa shape index (κ2) is 18.4. The Bertz CT molecular complexity index is 1740. The molecule has 3 aromatic heterocycles. The predicted molar refractivity (Wildman–Crippen MR) is 214 cm³/mol. The van der Waals surface area contributed by atoms with Gasteiger partial charge in [0.05, 0.1) is 18.5 Å². The van der Waals surface area contributed by atoms with Crippen molar-refractivity contribution in [2.24, 2.45) is 5.92 Å². The number of carbonyl (C=O) groups is 2. The van der Waals surface area contributed by atoms with E-state index in [0.29, 0.717) is 46.0 Å². The van der Waals surface area contributed by atoms with Gasteiger partial charge in [0.2, 0.25) is 6.10 Å². The number of esters is 1. The maximum atomic E-state index is 12.7. The van der Waals surface area contributed by atoms with Crippen molar-refractivity contribution >= 4 is 40.1 Å². The van der Waals surface area contributed by atoms with Gasteiger partial charge in [-0.05, 0) is 50.8 Å². The molecule has 0 amide bonds. The number of anilines is 1. The fourth-order valence-corrected chi connectivity index (χ4v) is 8.09. The van der Waals surface area contributed by atoms with Crippen molar-refractivity contribution in [1.29, 1.82) is 0 Å². The number of pyridine rings is 1. The first-order chi connectivity index (χ1) is 25.4. The lowest BCUT2D eigenvalue weighted by atomic mass is 9.78. The minimum absolute atomic E-state index is 0.116. The maximum Gasteiger partial charge on any atom is 0.347 e. The Labute approximate surface area is 316 Å². The highest BCUT2D eigenvalue weighted by molar-refractivity contribution is 6.76. The summed E-state index contributed by atoms with van der Waals surface area (Å²) in [4.78, 5) is 36.2. The van der Waals surface area contributed by atoms with Crippen LogP contribution in [-0.4, -0.2) is 87.6 Å². The number of hydrogen-bond donors (Lipinski definition) is 0. The van der Waals surface area contributed by atoms with E-state index in [1.807, 2.05) is 41.2 Å². The first-order valence-corrected chi connectivity index (χ1v) is 26.3. The molecule has 1 aromatic carbocycles. The van der Waals surface area contributed by atoms with E-state index < -0.39 is 28.2 Å². The Kier molecular flexibility index (Phi) is 14.0. The van der Waals surface area contributed by atoms with E-state index in [2.05, 4.69) is 68.4 Å². The topological polar surface area (TPSA) is 117 Å². The highest BCUT2D eigenvalue weighted by Crippen LogP contribution is 2.39. The molecule has 286 valence electrons. The van der Waals surface area contributed by atoms with E-state index in [9.17, 15) is 9.59 Å². The fraction of sp³-hybridized carbons (Fsp3) is 0.525. The molecule has 3 heterocycles. The van der Waals surface area contributed by atoms with Crippen LogP contribution in [0.15, 0.2) is 60.9 Å². The van der Waals surface area contributed by atoms with Crippen molar-refractivity contribution in [1.82, 2.24) is 19.6 Å². The molecule has 4 aromatic rings. The number of benzene rings is 1. The van der Waals surface area contributed by atoms with Crippen LogP contribution in [0.25, 0.3) is 28.0 Å². The first kappa shape index (κ1) is 40.3. The van der Waals surface area contributed by atoms with E-state index >= 15 is 0 Å². The van der Waals surface area contributed by atoms with Gasteiger partial charge in [0.1, 0.15) is 19.3 Å². The third kappa shape index (κ3) is 11.3. The third-order valence-electron chi connectivity index (χ3n) is 9.77. The summed E-state index contributed by atoms with van der Waals surface area (Å²) in [5, 5.41) is 4.90. The number of hydrogen-bond acceptors (Lipinski definition) is 10. The SMILES string of the molecule is CCOC(=O)C(OC=O)[C@H]1CC[C@@H](c2cc(N(COCC[Si](C)(C)C)COCC[Si](C)(C)C)n3ncc(-c4ccc(-c5ccccc5)nc4)c3n2)CC1. The summed E-state index contributed by atoms with van der Waals surface area (Å²) in [6, 6.07) is 18.5. The van der Waals surface area contributed by atoms with E-state index in [0.717, 1.165) is 64.5 Å². The zero-order chi connectivity index (χ0) is 38.0. The Morgan fingerprint density at radius 3 is 2.13 bits per heavy atom. The van der Waals surface area contributed by atoms with E-state index in [4.69, 9.17) is 34.0 Å². The van der Waals surface area contributed by atoms with Gasteiger partial charge in [0, 0.05) is 75.8 Å². The molecule has 1 aliphatic carbocycles. The second-order valence-corrected chi connectivity index (χ2v) is 27.6. The summed E-state index contributed by atoms with van der Waals surface area (Å²) in [6.07, 6.45) is 5.81. The Morgan fingerprint density at radius 2 is 1.57 bits per heavy atom. The molecule has 0 spiro atoms. The van der Waals surface area contributed by atoms with Crippen LogP contribution >= 0.6 is 0 Å². The predicted octanol–water partition coefficient (Wildman–Crippen LogP) is 8.27. The summed E-state index contributed by atoms with van der Waals surface area (Å²) >= 11 is 0. The van der Waals surface area contributed by atoms with Crippen LogP contribution in [0.1, 0.15) is 44.2 Å². The number of fused-ring (bicyclic) bond motifs is 1. The average molecular weight is 760 g/mol. The van der Waals surface area contributed by atoms with Crippen LogP contribution in [0.2, 0.25) is 51.4 Å². The molecule has 0 saturated heterocycles. The molecular formula is C40H57N5O6Si2. The molecule has 11 nitrogen and oxygen atoms in total. The molecule has 0 aliphatic heterocycles. The Balaban J connectivity index is 1.50. The second-order valence-electron chi connectivity index (χ2n) is 16.4.